The van der Waals surface area contributed by atoms with Crippen LogP contribution in [0.2, 0.25) is 0 Å². The normalized spacial score (nSPS) is 11.6. The van der Waals surface area contributed by atoms with E-state index in [9.17, 15) is 9.90 Å². The van der Waals surface area contributed by atoms with E-state index in [0.29, 0.717) is 11.4 Å². The largest absolute Gasteiger partial charge is 0.395 e. The van der Waals surface area contributed by atoms with Gasteiger partial charge in [0.2, 0.25) is 0 Å². The summed E-state index contributed by atoms with van der Waals surface area (Å²) in [6.45, 7) is 5.15. The van der Waals surface area contributed by atoms with Crippen LogP contribution < -0.4 is 5.73 Å². The lowest BCUT2D eigenvalue weighted by atomic mass is 10.0. The number of aliphatic hydroxyl groups is 1. The summed E-state index contributed by atoms with van der Waals surface area (Å²) in [4.78, 5) is 13.5. The number of carbonyl (C=O) groups excluding carboxylic acids is 1. The predicted octanol–water partition coefficient (Wildman–Crippen LogP) is 0.143. The lowest BCUT2D eigenvalue weighted by Gasteiger charge is -2.33. The molecule has 0 spiro atoms. The summed E-state index contributed by atoms with van der Waals surface area (Å²) >= 11 is 0. The third-order valence-electron chi connectivity index (χ3n) is 2.80. The summed E-state index contributed by atoms with van der Waals surface area (Å²) in [6.07, 6.45) is 0. The third-order valence-corrected chi connectivity index (χ3v) is 2.80. The third kappa shape index (κ3) is 2.01. The van der Waals surface area contributed by atoms with Gasteiger partial charge in [-0.3, -0.25) is 9.89 Å². The first-order valence-corrected chi connectivity index (χ1v) is 5.00. The first-order chi connectivity index (χ1) is 7.31. The zero-order valence-corrected chi connectivity index (χ0v) is 10.0. The van der Waals surface area contributed by atoms with E-state index in [0.717, 1.165) is 0 Å². The van der Waals surface area contributed by atoms with Crippen molar-refractivity contribution in [2.24, 2.45) is 0 Å². The molecule has 1 amide bonds. The molecular weight excluding hydrogens is 208 g/mol. The summed E-state index contributed by atoms with van der Waals surface area (Å²) in [5.41, 5.74) is 6.29. The molecule has 90 valence electrons. The highest BCUT2D eigenvalue weighted by atomic mass is 16.3. The number of aromatic nitrogens is 2. The summed E-state index contributed by atoms with van der Waals surface area (Å²) < 4.78 is 0. The Hall–Kier alpha value is -1.56. The van der Waals surface area contributed by atoms with E-state index in [-0.39, 0.29) is 18.2 Å². The first-order valence-electron chi connectivity index (χ1n) is 5.00. The van der Waals surface area contributed by atoms with Crippen LogP contribution in [-0.2, 0) is 0 Å². The summed E-state index contributed by atoms with van der Waals surface area (Å²) in [7, 11) is 1.61. The van der Waals surface area contributed by atoms with Crippen molar-refractivity contribution >= 4 is 11.6 Å². The number of H-pyrrole nitrogens is 1. The molecule has 0 aliphatic rings. The number of nitrogens with one attached hydrogen (secondary N) is 1. The molecule has 1 rings (SSSR count). The molecule has 6 nitrogen and oxygen atoms in total. The average Bonchev–Trinajstić information content (AvgIpc) is 2.58. The minimum absolute atomic E-state index is 0.126. The van der Waals surface area contributed by atoms with Crippen LogP contribution in [0.15, 0.2) is 0 Å². The van der Waals surface area contributed by atoms with Crippen molar-refractivity contribution in [2.45, 2.75) is 26.3 Å². The minimum atomic E-state index is -0.642. The molecule has 0 unspecified atom stereocenters. The molecule has 0 bridgehead atoms. The van der Waals surface area contributed by atoms with Crippen LogP contribution in [0, 0.1) is 6.92 Å². The number of nitrogens with zero attached hydrogens (tertiary/aromatic N) is 2. The maximum absolute atomic E-state index is 12.0. The maximum atomic E-state index is 12.0. The number of carbonyl (C=O) groups is 1. The summed E-state index contributed by atoms with van der Waals surface area (Å²) in [6, 6.07) is 0. The molecule has 0 aliphatic heterocycles. The van der Waals surface area contributed by atoms with E-state index in [4.69, 9.17) is 5.73 Å². The van der Waals surface area contributed by atoms with Crippen molar-refractivity contribution in [3.63, 3.8) is 0 Å². The Morgan fingerprint density at radius 1 is 1.62 bits per heavy atom. The molecule has 16 heavy (non-hydrogen) atoms. The van der Waals surface area contributed by atoms with Gasteiger partial charge in [-0.25, -0.2) is 0 Å². The quantitative estimate of drug-likeness (QED) is 0.683. The van der Waals surface area contributed by atoms with Crippen LogP contribution in [0.4, 0.5) is 5.69 Å². The van der Waals surface area contributed by atoms with Gasteiger partial charge in [0.15, 0.2) is 5.69 Å². The molecule has 0 saturated heterocycles. The van der Waals surface area contributed by atoms with E-state index < -0.39 is 5.54 Å². The Labute approximate surface area is 94.4 Å². The predicted molar refractivity (Wildman–Crippen MR) is 61.0 cm³/mol. The maximum Gasteiger partial charge on any atom is 0.276 e. The van der Waals surface area contributed by atoms with E-state index in [2.05, 4.69) is 10.2 Å². The van der Waals surface area contributed by atoms with Gasteiger partial charge in [-0.05, 0) is 20.8 Å². The van der Waals surface area contributed by atoms with Gasteiger partial charge in [0.05, 0.1) is 23.5 Å². The molecule has 0 atom stereocenters. The number of rotatable bonds is 3. The van der Waals surface area contributed by atoms with Crippen LogP contribution in [-0.4, -0.2) is 45.3 Å². The van der Waals surface area contributed by atoms with E-state index >= 15 is 0 Å². The number of aryl methyl sites for hydroxylation is 1. The highest BCUT2D eigenvalue weighted by Crippen LogP contribution is 2.19. The number of hydrogen-bond acceptors (Lipinski definition) is 4. The first kappa shape index (κ1) is 12.5. The van der Waals surface area contributed by atoms with Gasteiger partial charge in [-0.2, -0.15) is 5.10 Å². The van der Waals surface area contributed by atoms with Crippen LogP contribution in [0.5, 0.6) is 0 Å². The van der Waals surface area contributed by atoms with Crippen LogP contribution >= 0.6 is 0 Å². The second-order valence-corrected chi connectivity index (χ2v) is 4.45. The number of anilines is 1. The highest BCUT2D eigenvalue weighted by Gasteiger charge is 2.30. The van der Waals surface area contributed by atoms with Gasteiger partial charge in [0.25, 0.3) is 5.91 Å². The van der Waals surface area contributed by atoms with Gasteiger partial charge in [0, 0.05) is 7.05 Å². The molecule has 4 N–H and O–H groups in total. The molecule has 1 aromatic heterocycles. The fourth-order valence-corrected chi connectivity index (χ4v) is 1.14. The number of likely N-dealkylation sites (N-methyl/N-ethyl adjacent to an activating group) is 1. The molecule has 1 aromatic rings. The average molecular weight is 226 g/mol. The van der Waals surface area contributed by atoms with Crippen LogP contribution in [0.25, 0.3) is 0 Å². The SMILES string of the molecule is Cc1[nH]nc(C(=O)N(C)C(C)(C)CO)c1N. The molecule has 0 fully saturated rings. The molecule has 1 heterocycles. The van der Waals surface area contributed by atoms with E-state index in [1.807, 2.05) is 0 Å². The molecule has 0 saturated carbocycles. The smallest absolute Gasteiger partial charge is 0.276 e. The summed E-state index contributed by atoms with van der Waals surface area (Å²) in [5.74, 6) is -0.305. The van der Waals surface area contributed by atoms with E-state index in [1.54, 1.807) is 27.8 Å². The number of aliphatic hydroxyl groups excluding tert-OH is 1. The molecule has 0 radical (unpaired) electrons. The number of hydrogen-bond donors (Lipinski definition) is 3. The van der Waals surface area contributed by atoms with Crippen molar-refractivity contribution in [2.75, 3.05) is 19.4 Å². The molecule has 0 aliphatic carbocycles. The van der Waals surface area contributed by atoms with Gasteiger partial charge in [0.1, 0.15) is 0 Å². The Bertz CT molecular complexity index is 398. The second-order valence-electron chi connectivity index (χ2n) is 4.45. The summed E-state index contributed by atoms with van der Waals surface area (Å²) in [5, 5.41) is 15.7. The molecular formula is C10H18N4O2. The van der Waals surface area contributed by atoms with Gasteiger partial charge in [-0.15, -0.1) is 0 Å². The monoisotopic (exact) mass is 226 g/mol. The fourth-order valence-electron chi connectivity index (χ4n) is 1.14. The van der Waals surface area contributed by atoms with Crippen molar-refractivity contribution < 1.29 is 9.90 Å². The number of amides is 1. The van der Waals surface area contributed by atoms with Crippen molar-refractivity contribution in [3.05, 3.63) is 11.4 Å². The molecule has 0 aromatic carbocycles. The second kappa shape index (κ2) is 4.13. The lowest BCUT2D eigenvalue weighted by Crippen LogP contribution is -2.47. The minimum Gasteiger partial charge on any atom is -0.395 e. The van der Waals surface area contributed by atoms with Crippen LogP contribution in [0.1, 0.15) is 30.0 Å². The molecule has 6 heteroatoms. The Morgan fingerprint density at radius 3 is 2.56 bits per heavy atom. The Kier molecular flexibility index (Phi) is 3.23. The zero-order chi connectivity index (χ0) is 12.5. The van der Waals surface area contributed by atoms with Crippen molar-refractivity contribution in [1.29, 1.82) is 0 Å². The van der Waals surface area contributed by atoms with Crippen molar-refractivity contribution in [1.82, 2.24) is 15.1 Å². The zero-order valence-electron chi connectivity index (χ0n) is 10.0. The van der Waals surface area contributed by atoms with Crippen molar-refractivity contribution in [3.8, 4) is 0 Å². The lowest BCUT2D eigenvalue weighted by molar-refractivity contribution is 0.0468. The van der Waals surface area contributed by atoms with Gasteiger partial charge >= 0.3 is 0 Å². The standard InChI is InChI=1S/C10H18N4O2/c1-6-7(11)8(13-12-6)9(16)14(4)10(2,3)5-15/h15H,5,11H2,1-4H3,(H,12,13). The number of aromatic amines is 1. The highest BCUT2D eigenvalue weighted by molar-refractivity contribution is 5.97. The number of nitrogens with two attached hydrogens (primary N) is 1. The van der Waals surface area contributed by atoms with Gasteiger partial charge in [-0.1, -0.05) is 0 Å². The van der Waals surface area contributed by atoms with Gasteiger partial charge < -0.3 is 15.7 Å². The Balaban J connectivity index is 2.99. The number of nitrogen functional groups attached to an aromatic ring is 1. The van der Waals surface area contributed by atoms with Crippen LogP contribution in [0.3, 0.4) is 0 Å². The Morgan fingerprint density at radius 2 is 2.19 bits per heavy atom. The fraction of sp³-hybridized carbons (Fsp3) is 0.600. The van der Waals surface area contributed by atoms with E-state index in [1.165, 1.54) is 4.90 Å². The topological polar surface area (TPSA) is 95.2 Å².